The van der Waals surface area contributed by atoms with Crippen molar-refractivity contribution in [3.05, 3.63) is 29.6 Å². The first kappa shape index (κ1) is 19.5. The number of hydrogen-bond acceptors (Lipinski definition) is 3. The van der Waals surface area contributed by atoms with Gasteiger partial charge in [-0.1, -0.05) is 25.3 Å². The lowest BCUT2D eigenvalue weighted by Gasteiger charge is -2.37. The Hall–Kier alpha value is -1.82. The molecule has 6 heteroatoms. The van der Waals surface area contributed by atoms with Gasteiger partial charge in [-0.15, -0.1) is 0 Å². The summed E-state index contributed by atoms with van der Waals surface area (Å²) in [5, 5.41) is 25.3. The molecule has 1 saturated carbocycles. The number of nitrogens with one attached hydrogen (secondary N) is 2. The number of aliphatic imine (C=N–C) groups is 1. The Morgan fingerprint density at radius 1 is 1.24 bits per heavy atom. The van der Waals surface area contributed by atoms with Crippen molar-refractivity contribution >= 4 is 5.96 Å². The second-order valence-electron chi connectivity index (χ2n) is 6.87. The molecule has 0 spiro atoms. The van der Waals surface area contributed by atoms with E-state index in [1.54, 1.807) is 6.07 Å². The predicted octanol–water partition coefficient (Wildman–Crippen LogP) is 2.92. The lowest BCUT2D eigenvalue weighted by Crippen LogP contribution is -2.44. The van der Waals surface area contributed by atoms with Crippen LogP contribution in [0.4, 0.5) is 4.39 Å². The van der Waals surface area contributed by atoms with Crippen molar-refractivity contribution in [2.75, 3.05) is 19.7 Å². The van der Waals surface area contributed by atoms with Crippen LogP contribution in [0.5, 0.6) is 5.75 Å². The van der Waals surface area contributed by atoms with Gasteiger partial charge in [0, 0.05) is 19.7 Å². The lowest BCUT2D eigenvalue weighted by molar-refractivity contribution is 0.131. The highest BCUT2D eigenvalue weighted by Crippen LogP contribution is 2.38. The van der Waals surface area contributed by atoms with Gasteiger partial charge in [-0.05, 0) is 49.3 Å². The van der Waals surface area contributed by atoms with E-state index in [1.807, 2.05) is 6.92 Å². The Balaban J connectivity index is 1.99. The molecule has 1 aliphatic carbocycles. The summed E-state index contributed by atoms with van der Waals surface area (Å²) in [6.45, 7) is 4.06. The van der Waals surface area contributed by atoms with Crippen LogP contribution in [-0.4, -0.2) is 35.9 Å². The maximum absolute atomic E-state index is 13.4. The molecule has 4 N–H and O–H groups in total. The normalized spacial score (nSPS) is 17.3. The van der Waals surface area contributed by atoms with Gasteiger partial charge in [0.25, 0.3) is 0 Å². The van der Waals surface area contributed by atoms with E-state index < -0.39 is 5.82 Å². The molecular formula is C19H30FN3O2. The highest BCUT2D eigenvalue weighted by atomic mass is 19.1. The van der Waals surface area contributed by atoms with E-state index in [4.69, 9.17) is 0 Å². The van der Waals surface area contributed by atoms with E-state index >= 15 is 0 Å². The van der Waals surface area contributed by atoms with Crippen LogP contribution in [-0.2, 0) is 6.54 Å². The highest BCUT2D eigenvalue weighted by molar-refractivity contribution is 5.79. The Bertz CT molecular complexity index is 566. The van der Waals surface area contributed by atoms with Crippen molar-refractivity contribution in [2.24, 2.45) is 10.4 Å². The van der Waals surface area contributed by atoms with Crippen molar-refractivity contribution in [3.63, 3.8) is 0 Å². The van der Waals surface area contributed by atoms with E-state index in [0.29, 0.717) is 18.1 Å². The number of phenols is 1. The predicted molar refractivity (Wildman–Crippen MR) is 98.1 cm³/mol. The van der Waals surface area contributed by atoms with Gasteiger partial charge in [0.15, 0.2) is 17.5 Å². The lowest BCUT2D eigenvalue weighted by atomic mass is 9.72. The number of hydrogen-bond donors (Lipinski definition) is 4. The molecule has 25 heavy (non-hydrogen) atoms. The Kier molecular flexibility index (Phi) is 7.50. The van der Waals surface area contributed by atoms with Crippen LogP contribution < -0.4 is 10.6 Å². The largest absolute Gasteiger partial charge is 0.505 e. The van der Waals surface area contributed by atoms with Crippen LogP contribution in [0.3, 0.4) is 0 Å². The van der Waals surface area contributed by atoms with Crippen LogP contribution in [0.25, 0.3) is 0 Å². The van der Waals surface area contributed by atoms with Crippen molar-refractivity contribution < 1.29 is 14.6 Å². The molecule has 140 valence electrons. The van der Waals surface area contributed by atoms with E-state index in [2.05, 4.69) is 15.6 Å². The molecule has 0 saturated heterocycles. The Morgan fingerprint density at radius 2 is 2.00 bits per heavy atom. The molecule has 1 aromatic rings. The van der Waals surface area contributed by atoms with Gasteiger partial charge >= 0.3 is 0 Å². The van der Waals surface area contributed by atoms with Crippen molar-refractivity contribution in [3.8, 4) is 5.75 Å². The van der Waals surface area contributed by atoms with E-state index in [0.717, 1.165) is 32.4 Å². The van der Waals surface area contributed by atoms with Gasteiger partial charge in [0.1, 0.15) is 0 Å². The molecule has 0 aliphatic heterocycles. The third-order valence-electron chi connectivity index (χ3n) is 4.96. The van der Waals surface area contributed by atoms with Crippen molar-refractivity contribution in [1.29, 1.82) is 0 Å². The number of phenolic OH excluding ortho intramolecular Hbond substituents is 1. The quantitative estimate of drug-likeness (QED) is 0.450. The maximum Gasteiger partial charge on any atom is 0.191 e. The SMILES string of the molecule is CCNC(=NCc1ccc(O)c(F)c1)NCC1(CCO)CCCCC1. The first-order chi connectivity index (χ1) is 12.1. The van der Waals surface area contributed by atoms with Crippen molar-refractivity contribution in [1.82, 2.24) is 10.6 Å². The average molecular weight is 351 g/mol. The number of guanidine groups is 1. The first-order valence-electron chi connectivity index (χ1n) is 9.19. The second-order valence-corrected chi connectivity index (χ2v) is 6.87. The smallest absolute Gasteiger partial charge is 0.191 e. The third-order valence-corrected chi connectivity index (χ3v) is 4.96. The molecule has 0 heterocycles. The van der Waals surface area contributed by atoms with Crippen LogP contribution in [0.2, 0.25) is 0 Å². The molecule has 1 fully saturated rings. The van der Waals surface area contributed by atoms with Crippen LogP contribution in [0.15, 0.2) is 23.2 Å². The Labute approximate surface area is 149 Å². The molecule has 0 radical (unpaired) electrons. The Morgan fingerprint density at radius 3 is 2.64 bits per heavy atom. The monoisotopic (exact) mass is 351 g/mol. The fourth-order valence-electron chi connectivity index (χ4n) is 3.49. The minimum Gasteiger partial charge on any atom is -0.505 e. The maximum atomic E-state index is 13.4. The zero-order chi connectivity index (χ0) is 18.1. The second kappa shape index (κ2) is 9.61. The van der Waals surface area contributed by atoms with E-state index in [9.17, 15) is 14.6 Å². The summed E-state index contributed by atoms with van der Waals surface area (Å²) in [6, 6.07) is 4.31. The molecule has 0 bridgehead atoms. The number of rotatable bonds is 7. The minimum atomic E-state index is -0.630. The molecule has 0 amide bonds. The molecule has 0 aromatic heterocycles. The van der Waals surface area contributed by atoms with E-state index in [-0.39, 0.29) is 17.8 Å². The fraction of sp³-hybridized carbons (Fsp3) is 0.632. The number of halogens is 1. The molecule has 1 aromatic carbocycles. The number of aromatic hydroxyl groups is 1. The van der Waals surface area contributed by atoms with Crippen LogP contribution in [0, 0.1) is 11.2 Å². The molecule has 0 atom stereocenters. The van der Waals surface area contributed by atoms with Crippen LogP contribution >= 0.6 is 0 Å². The third kappa shape index (κ3) is 5.88. The van der Waals surface area contributed by atoms with Crippen molar-refractivity contribution in [2.45, 2.75) is 52.0 Å². The summed E-state index contributed by atoms with van der Waals surface area (Å²) in [6.07, 6.45) is 6.76. The van der Waals surface area contributed by atoms with Gasteiger partial charge in [-0.3, -0.25) is 0 Å². The number of benzene rings is 1. The number of aliphatic hydroxyl groups is 1. The summed E-state index contributed by atoms with van der Waals surface area (Å²) in [5.74, 6) is -0.283. The highest BCUT2D eigenvalue weighted by Gasteiger charge is 2.31. The molecule has 5 nitrogen and oxygen atoms in total. The molecule has 2 rings (SSSR count). The summed E-state index contributed by atoms with van der Waals surface area (Å²) < 4.78 is 13.4. The molecular weight excluding hydrogens is 321 g/mol. The minimum absolute atomic E-state index is 0.133. The van der Waals surface area contributed by atoms with Gasteiger partial charge in [-0.25, -0.2) is 9.38 Å². The molecule has 0 unspecified atom stereocenters. The van der Waals surface area contributed by atoms with Gasteiger partial charge in [0.2, 0.25) is 0 Å². The van der Waals surface area contributed by atoms with E-state index in [1.165, 1.54) is 31.4 Å². The number of nitrogens with zero attached hydrogens (tertiary/aromatic N) is 1. The summed E-state index contributed by atoms with van der Waals surface area (Å²) in [7, 11) is 0. The molecule has 1 aliphatic rings. The zero-order valence-corrected chi connectivity index (χ0v) is 15.0. The topological polar surface area (TPSA) is 76.9 Å². The standard InChI is InChI=1S/C19H30FN3O2/c1-2-21-18(22-13-15-6-7-17(25)16(20)12-15)23-14-19(10-11-24)8-4-3-5-9-19/h6-7,12,24-25H,2-5,8-11,13-14H2,1H3,(H2,21,22,23). The van der Waals surface area contributed by atoms with Gasteiger partial charge in [0.05, 0.1) is 6.54 Å². The summed E-state index contributed by atoms with van der Waals surface area (Å²) in [5.41, 5.74) is 0.837. The summed E-state index contributed by atoms with van der Waals surface area (Å²) >= 11 is 0. The summed E-state index contributed by atoms with van der Waals surface area (Å²) in [4.78, 5) is 4.51. The number of aliphatic hydroxyl groups excluding tert-OH is 1. The zero-order valence-electron chi connectivity index (χ0n) is 15.0. The first-order valence-corrected chi connectivity index (χ1v) is 9.19. The van der Waals surface area contributed by atoms with Crippen LogP contribution in [0.1, 0.15) is 51.0 Å². The van der Waals surface area contributed by atoms with Gasteiger partial charge in [-0.2, -0.15) is 0 Å². The van der Waals surface area contributed by atoms with Gasteiger partial charge < -0.3 is 20.8 Å². The average Bonchev–Trinajstić information content (AvgIpc) is 2.61. The fourth-order valence-corrected chi connectivity index (χ4v) is 3.49.